The monoisotopic (exact) mass is 319 g/mol. The van der Waals surface area contributed by atoms with Crippen molar-refractivity contribution in [1.29, 1.82) is 5.26 Å². The van der Waals surface area contributed by atoms with Crippen LogP contribution in [-0.4, -0.2) is 14.9 Å². The van der Waals surface area contributed by atoms with Gasteiger partial charge in [0.2, 0.25) is 0 Å². The Morgan fingerprint density at radius 1 is 1.25 bits per heavy atom. The van der Waals surface area contributed by atoms with Crippen LogP contribution in [0.15, 0.2) is 42.5 Å². The van der Waals surface area contributed by atoms with E-state index >= 15 is 0 Å². The average Bonchev–Trinajstić information content (AvgIpc) is 2.59. The second kappa shape index (κ2) is 6.30. The van der Waals surface area contributed by atoms with Gasteiger partial charge >= 0.3 is 0 Å². The molecule has 0 amide bonds. The number of nitro groups is 1. The fourth-order valence-corrected chi connectivity index (χ4v) is 2.44. The zero-order valence-electron chi connectivity index (χ0n) is 12.9. The minimum Gasteiger partial charge on any atom is -0.377 e. The van der Waals surface area contributed by atoms with Crippen LogP contribution in [0.2, 0.25) is 0 Å². The number of aryl methyl sites for hydroxylation is 1. The van der Waals surface area contributed by atoms with Crippen LogP contribution >= 0.6 is 0 Å². The first kappa shape index (κ1) is 15.4. The SMILES string of the molecule is Cc1nc(CNc2ccc([N+](=O)[O-])cc2C#N)nc2ccccc12. The average molecular weight is 319 g/mol. The van der Waals surface area contributed by atoms with Crippen molar-refractivity contribution in [2.24, 2.45) is 0 Å². The molecule has 0 unspecified atom stereocenters. The van der Waals surface area contributed by atoms with E-state index < -0.39 is 4.92 Å². The van der Waals surface area contributed by atoms with Crippen molar-refractivity contribution in [3.05, 3.63) is 69.7 Å². The molecule has 1 aromatic heterocycles. The van der Waals surface area contributed by atoms with Crippen LogP contribution in [0.3, 0.4) is 0 Å². The first-order valence-corrected chi connectivity index (χ1v) is 7.23. The number of fused-ring (bicyclic) bond motifs is 1. The van der Waals surface area contributed by atoms with Crippen molar-refractivity contribution in [1.82, 2.24) is 9.97 Å². The number of aromatic nitrogens is 2. The Kier molecular flexibility index (Phi) is 4.03. The van der Waals surface area contributed by atoms with Crippen molar-refractivity contribution in [3.63, 3.8) is 0 Å². The number of non-ortho nitro benzene ring substituents is 1. The van der Waals surface area contributed by atoms with Crippen molar-refractivity contribution in [3.8, 4) is 6.07 Å². The van der Waals surface area contributed by atoms with Gasteiger partial charge in [-0.25, -0.2) is 9.97 Å². The molecule has 7 nitrogen and oxygen atoms in total. The van der Waals surface area contributed by atoms with E-state index in [0.717, 1.165) is 16.6 Å². The van der Waals surface area contributed by atoms with Gasteiger partial charge in [0.05, 0.1) is 28.2 Å². The van der Waals surface area contributed by atoms with Crippen molar-refractivity contribution >= 4 is 22.3 Å². The van der Waals surface area contributed by atoms with Gasteiger partial charge in [0.1, 0.15) is 11.9 Å². The number of rotatable bonds is 4. The first-order chi connectivity index (χ1) is 11.6. The Labute approximate surface area is 137 Å². The van der Waals surface area contributed by atoms with Crippen LogP contribution in [0, 0.1) is 28.4 Å². The molecular formula is C17H13N5O2. The Morgan fingerprint density at radius 3 is 2.79 bits per heavy atom. The van der Waals surface area contributed by atoms with E-state index in [9.17, 15) is 10.1 Å². The summed E-state index contributed by atoms with van der Waals surface area (Å²) in [6, 6.07) is 13.8. The van der Waals surface area contributed by atoms with Gasteiger partial charge in [0.15, 0.2) is 0 Å². The molecule has 7 heteroatoms. The Hall–Kier alpha value is -3.53. The van der Waals surface area contributed by atoms with Gasteiger partial charge in [-0.05, 0) is 19.1 Å². The lowest BCUT2D eigenvalue weighted by molar-refractivity contribution is -0.384. The molecule has 0 atom stereocenters. The normalized spacial score (nSPS) is 10.3. The number of hydrogen-bond acceptors (Lipinski definition) is 6. The number of nitro benzene ring substituents is 1. The van der Waals surface area contributed by atoms with Gasteiger partial charge in [-0.3, -0.25) is 10.1 Å². The molecule has 24 heavy (non-hydrogen) atoms. The van der Waals surface area contributed by atoms with Crippen LogP contribution in [0.1, 0.15) is 17.1 Å². The van der Waals surface area contributed by atoms with Crippen LogP contribution in [0.5, 0.6) is 0 Å². The Balaban J connectivity index is 1.86. The number of nitrogens with zero attached hydrogens (tertiary/aromatic N) is 4. The van der Waals surface area contributed by atoms with Crippen LogP contribution in [0.25, 0.3) is 10.9 Å². The van der Waals surface area contributed by atoms with E-state index in [-0.39, 0.29) is 11.3 Å². The first-order valence-electron chi connectivity index (χ1n) is 7.23. The van der Waals surface area contributed by atoms with E-state index in [2.05, 4.69) is 15.3 Å². The number of para-hydroxylation sites is 1. The third-order valence-electron chi connectivity index (χ3n) is 3.61. The summed E-state index contributed by atoms with van der Waals surface area (Å²) < 4.78 is 0. The smallest absolute Gasteiger partial charge is 0.270 e. The second-order valence-electron chi connectivity index (χ2n) is 5.19. The molecule has 0 fully saturated rings. The maximum Gasteiger partial charge on any atom is 0.270 e. The minimum absolute atomic E-state index is 0.116. The fraction of sp³-hybridized carbons (Fsp3) is 0.118. The van der Waals surface area contributed by atoms with E-state index in [4.69, 9.17) is 5.26 Å². The molecule has 1 heterocycles. The summed E-state index contributed by atoms with van der Waals surface area (Å²) in [6.07, 6.45) is 0. The molecule has 0 bridgehead atoms. The molecule has 0 saturated heterocycles. The molecule has 3 rings (SSSR count). The highest BCUT2D eigenvalue weighted by Crippen LogP contribution is 2.22. The quantitative estimate of drug-likeness (QED) is 0.584. The number of hydrogen-bond donors (Lipinski definition) is 1. The van der Waals surface area contributed by atoms with Gasteiger partial charge in [0, 0.05) is 23.2 Å². The number of anilines is 1. The highest BCUT2D eigenvalue weighted by Gasteiger charge is 2.11. The highest BCUT2D eigenvalue weighted by molar-refractivity contribution is 5.80. The topological polar surface area (TPSA) is 105 Å². The second-order valence-corrected chi connectivity index (χ2v) is 5.19. The third kappa shape index (κ3) is 2.98. The Morgan fingerprint density at radius 2 is 2.04 bits per heavy atom. The lowest BCUT2D eigenvalue weighted by atomic mass is 10.1. The Bertz CT molecular complexity index is 978. The van der Waals surface area contributed by atoms with Crippen LogP contribution in [0.4, 0.5) is 11.4 Å². The zero-order chi connectivity index (χ0) is 17.1. The largest absolute Gasteiger partial charge is 0.377 e. The summed E-state index contributed by atoms with van der Waals surface area (Å²) in [4.78, 5) is 19.2. The van der Waals surface area contributed by atoms with E-state index in [0.29, 0.717) is 18.1 Å². The summed E-state index contributed by atoms with van der Waals surface area (Å²) >= 11 is 0. The fourth-order valence-electron chi connectivity index (χ4n) is 2.44. The van der Waals surface area contributed by atoms with Gasteiger partial charge in [-0.2, -0.15) is 5.26 Å². The molecule has 0 radical (unpaired) electrons. The predicted molar refractivity (Wildman–Crippen MR) is 89.4 cm³/mol. The maximum atomic E-state index is 10.8. The number of nitriles is 1. The molecule has 0 aliphatic heterocycles. The molecule has 0 aliphatic carbocycles. The third-order valence-corrected chi connectivity index (χ3v) is 3.61. The van der Waals surface area contributed by atoms with Gasteiger partial charge in [-0.1, -0.05) is 18.2 Å². The van der Waals surface area contributed by atoms with Crippen molar-refractivity contribution in [2.45, 2.75) is 13.5 Å². The maximum absolute atomic E-state index is 10.8. The van der Waals surface area contributed by atoms with Crippen LogP contribution < -0.4 is 5.32 Å². The lowest BCUT2D eigenvalue weighted by Gasteiger charge is -2.09. The molecule has 118 valence electrons. The van der Waals surface area contributed by atoms with Gasteiger partial charge in [0.25, 0.3) is 5.69 Å². The molecular weight excluding hydrogens is 306 g/mol. The summed E-state index contributed by atoms with van der Waals surface area (Å²) in [6.45, 7) is 2.23. The van der Waals surface area contributed by atoms with E-state index in [1.807, 2.05) is 37.3 Å². The summed E-state index contributed by atoms with van der Waals surface area (Å²) in [5, 5.41) is 24.0. The number of benzene rings is 2. The summed E-state index contributed by atoms with van der Waals surface area (Å²) in [7, 11) is 0. The summed E-state index contributed by atoms with van der Waals surface area (Å²) in [5.41, 5.74) is 2.33. The number of nitrogens with one attached hydrogen (secondary N) is 1. The van der Waals surface area contributed by atoms with Crippen molar-refractivity contribution in [2.75, 3.05) is 5.32 Å². The molecule has 3 aromatic rings. The zero-order valence-corrected chi connectivity index (χ0v) is 12.9. The van der Waals surface area contributed by atoms with E-state index in [1.165, 1.54) is 18.2 Å². The molecule has 0 saturated carbocycles. The molecule has 1 N–H and O–H groups in total. The molecule has 0 aliphatic rings. The highest BCUT2D eigenvalue weighted by atomic mass is 16.6. The predicted octanol–water partition coefficient (Wildman–Crippen LogP) is 3.33. The lowest BCUT2D eigenvalue weighted by Crippen LogP contribution is -2.07. The van der Waals surface area contributed by atoms with Crippen molar-refractivity contribution < 1.29 is 4.92 Å². The van der Waals surface area contributed by atoms with E-state index in [1.54, 1.807) is 0 Å². The van der Waals surface area contributed by atoms with Crippen LogP contribution in [-0.2, 0) is 6.54 Å². The molecule has 2 aromatic carbocycles. The summed E-state index contributed by atoms with van der Waals surface area (Å²) in [5.74, 6) is 0.591. The molecule has 0 spiro atoms. The minimum atomic E-state index is -0.527. The standard InChI is InChI=1S/C17H13N5O2/c1-11-14-4-2-3-5-16(14)21-17(20-11)10-19-15-7-6-13(22(23)24)8-12(15)9-18/h2-8,19H,10H2,1H3. The van der Waals surface area contributed by atoms with Gasteiger partial charge < -0.3 is 5.32 Å². The van der Waals surface area contributed by atoms with Gasteiger partial charge in [-0.15, -0.1) is 0 Å².